The van der Waals surface area contributed by atoms with Gasteiger partial charge in [0.1, 0.15) is 23.2 Å². The summed E-state index contributed by atoms with van der Waals surface area (Å²) in [6.07, 6.45) is -0.599. The first kappa shape index (κ1) is 20.4. The number of ether oxygens (including phenoxy) is 1. The van der Waals surface area contributed by atoms with Crippen molar-refractivity contribution >= 4 is 17.3 Å². The van der Waals surface area contributed by atoms with Crippen molar-refractivity contribution in [2.75, 3.05) is 0 Å². The van der Waals surface area contributed by atoms with Gasteiger partial charge < -0.3 is 14.3 Å². The highest BCUT2D eigenvalue weighted by Gasteiger charge is 2.26. The molecule has 3 heterocycles. The van der Waals surface area contributed by atoms with Crippen molar-refractivity contribution in [3.63, 3.8) is 0 Å². The van der Waals surface area contributed by atoms with Crippen LogP contribution in [0.3, 0.4) is 0 Å². The van der Waals surface area contributed by atoms with Crippen LogP contribution in [0.2, 0.25) is 0 Å². The molecule has 4 aromatic rings. The topological polar surface area (TPSA) is 96.4 Å². The number of carbonyl (C=O) groups is 1. The number of hydrogen-bond donors (Lipinski definition) is 1. The van der Waals surface area contributed by atoms with Crippen molar-refractivity contribution in [2.24, 2.45) is 0 Å². The summed E-state index contributed by atoms with van der Waals surface area (Å²) >= 11 is 1.49. The summed E-state index contributed by atoms with van der Waals surface area (Å²) in [6.45, 7) is 1.98. The Balaban J connectivity index is 1.88. The van der Waals surface area contributed by atoms with E-state index in [1.54, 1.807) is 42.5 Å². The van der Waals surface area contributed by atoms with Crippen LogP contribution in [0.4, 0.5) is 0 Å². The molecule has 7 heteroatoms. The fourth-order valence-corrected chi connectivity index (χ4v) is 3.86. The molecule has 0 spiro atoms. The molecule has 154 valence electrons. The van der Waals surface area contributed by atoms with E-state index in [1.165, 1.54) is 11.3 Å². The zero-order valence-corrected chi connectivity index (χ0v) is 17.4. The number of benzene rings is 1. The minimum atomic E-state index is -1.31. The number of aromatic nitrogens is 1. The first-order chi connectivity index (χ1) is 15.1. The summed E-state index contributed by atoms with van der Waals surface area (Å²) in [4.78, 5) is 17.3. The maximum atomic E-state index is 12.0. The molecule has 31 heavy (non-hydrogen) atoms. The van der Waals surface area contributed by atoms with Gasteiger partial charge in [0.2, 0.25) is 12.0 Å². The summed E-state index contributed by atoms with van der Waals surface area (Å²) in [5.74, 6) is 0.0638. The highest BCUT2D eigenvalue weighted by molar-refractivity contribution is 7.13. The number of nitriles is 1. The Morgan fingerprint density at radius 3 is 2.65 bits per heavy atom. The van der Waals surface area contributed by atoms with Crippen LogP contribution in [0.25, 0.3) is 21.9 Å². The molecule has 1 N–H and O–H groups in total. The average Bonchev–Trinajstić information content (AvgIpc) is 3.49. The Kier molecular flexibility index (Phi) is 5.83. The second-order valence-electron chi connectivity index (χ2n) is 6.69. The number of furan rings is 1. The first-order valence-electron chi connectivity index (χ1n) is 9.63. The van der Waals surface area contributed by atoms with E-state index in [1.807, 2.05) is 30.5 Å². The Bertz CT molecular complexity index is 1240. The van der Waals surface area contributed by atoms with E-state index in [0.717, 1.165) is 10.6 Å². The van der Waals surface area contributed by atoms with Crippen LogP contribution < -0.4 is 4.74 Å². The molecule has 1 atom stereocenters. The molecule has 4 rings (SSSR count). The molecule has 1 unspecified atom stereocenters. The molecule has 0 saturated carbocycles. The van der Waals surface area contributed by atoms with Gasteiger partial charge in [-0.05, 0) is 29.6 Å². The van der Waals surface area contributed by atoms with Gasteiger partial charge in [-0.3, -0.25) is 0 Å². The van der Waals surface area contributed by atoms with Crippen molar-refractivity contribution in [1.29, 1.82) is 5.26 Å². The molecule has 0 aliphatic heterocycles. The minimum absolute atomic E-state index is 0.0471. The van der Waals surface area contributed by atoms with Crippen LogP contribution in [0.15, 0.2) is 70.5 Å². The molecule has 0 bridgehead atoms. The highest BCUT2D eigenvalue weighted by Crippen LogP contribution is 2.37. The Hall–Kier alpha value is -3.89. The first-order valence-corrected chi connectivity index (χ1v) is 10.5. The van der Waals surface area contributed by atoms with E-state index in [2.05, 4.69) is 11.1 Å². The van der Waals surface area contributed by atoms with E-state index in [9.17, 15) is 15.2 Å². The molecule has 1 aromatic carbocycles. The van der Waals surface area contributed by atoms with Crippen molar-refractivity contribution in [2.45, 2.75) is 19.4 Å². The Labute approximate surface area is 183 Å². The van der Waals surface area contributed by atoms with Crippen LogP contribution in [-0.4, -0.2) is 16.1 Å². The fourth-order valence-electron chi connectivity index (χ4n) is 3.17. The van der Waals surface area contributed by atoms with Gasteiger partial charge in [-0.1, -0.05) is 43.3 Å². The molecule has 0 amide bonds. The van der Waals surface area contributed by atoms with Crippen LogP contribution in [0.5, 0.6) is 5.88 Å². The third-order valence-electron chi connectivity index (χ3n) is 4.70. The van der Waals surface area contributed by atoms with Gasteiger partial charge in [0, 0.05) is 17.5 Å². The van der Waals surface area contributed by atoms with Gasteiger partial charge in [-0.25, -0.2) is 9.78 Å². The van der Waals surface area contributed by atoms with E-state index >= 15 is 0 Å². The zero-order chi connectivity index (χ0) is 21.8. The molecular formula is C24H18N2O4S. The van der Waals surface area contributed by atoms with Crippen molar-refractivity contribution < 1.29 is 19.1 Å². The zero-order valence-electron chi connectivity index (χ0n) is 16.6. The van der Waals surface area contributed by atoms with Gasteiger partial charge in [0.25, 0.3) is 0 Å². The summed E-state index contributed by atoms with van der Waals surface area (Å²) in [7, 11) is 0. The van der Waals surface area contributed by atoms with Gasteiger partial charge in [-0.2, -0.15) is 5.26 Å². The quantitative estimate of drug-likeness (QED) is 0.403. The van der Waals surface area contributed by atoms with E-state index in [0.29, 0.717) is 29.0 Å². The number of carboxylic acid groups (broad SMARTS) is 1. The third-order valence-corrected chi connectivity index (χ3v) is 5.60. The summed E-state index contributed by atoms with van der Waals surface area (Å²) in [5, 5.41) is 21.6. The molecule has 0 saturated heterocycles. The Morgan fingerprint density at radius 2 is 2.03 bits per heavy atom. The number of aryl methyl sites for hydroxylation is 1. The lowest BCUT2D eigenvalue weighted by molar-refractivity contribution is -0.145. The van der Waals surface area contributed by atoms with Gasteiger partial charge in [0.05, 0.1) is 10.6 Å². The minimum Gasteiger partial charge on any atom is -0.478 e. The van der Waals surface area contributed by atoms with Crippen LogP contribution in [0, 0.1) is 11.3 Å². The standard InChI is InChI=1S/C24H18N2O4S/c1-2-16-10-11-20(29-16)17-13-19(21-9-6-12-31-21)26-23(18(17)14-25)30-22(24(27)28)15-7-4-3-5-8-15/h3-13,22H,2H2,1H3,(H,27,28). The number of carboxylic acids is 1. The monoisotopic (exact) mass is 430 g/mol. The number of rotatable bonds is 7. The van der Waals surface area contributed by atoms with Gasteiger partial charge >= 0.3 is 5.97 Å². The largest absolute Gasteiger partial charge is 0.478 e. The Morgan fingerprint density at radius 1 is 1.23 bits per heavy atom. The number of nitrogens with zero attached hydrogens (tertiary/aromatic N) is 2. The van der Waals surface area contributed by atoms with Gasteiger partial charge in [0.15, 0.2) is 0 Å². The third kappa shape index (κ3) is 4.20. The van der Waals surface area contributed by atoms with Crippen molar-refractivity contribution in [3.8, 4) is 33.8 Å². The van der Waals surface area contributed by atoms with Crippen LogP contribution in [-0.2, 0) is 11.2 Å². The molecule has 6 nitrogen and oxygen atoms in total. The molecular weight excluding hydrogens is 412 g/mol. The highest BCUT2D eigenvalue weighted by atomic mass is 32.1. The second kappa shape index (κ2) is 8.86. The lowest BCUT2D eigenvalue weighted by Crippen LogP contribution is -2.19. The van der Waals surface area contributed by atoms with E-state index in [4.69, 9.17) is 9.15 Å². The van der Waals surface area contributed by atoms with Gasteiger partial charge in [-0.15, -0.1) is 11.3 Å². The fraction of sp³-hybridized carbons (Fsp3) is 0.125. The molecule has 0 radical (unpaired) electrons. The summed E-state index contributed by atoms with van der Waals surface area (Å²) < 4.78 is 11.7. The van der Waals surface area contributed by atoms with E-state index in [-0.39, 0.29) is 11.4 Å². The number of thiophene rings is 1. The van der Waals surface area contributed by atoms with Crippen LogP contribution in [0.1, 0.15) is 29.9 Å². The van der Waals surface area contributed by atoms with Crippen molar-refractivity contribution in [3.05, 3.63) is 82.9 Å². The molecule has 0 aliphatic rings. The lowest BCUT2D eigenvalue weighted by Gasteiger charge is -2.17. The molecule has 0 fully saturated rings. The predicted molar refractivity (Wildman–Crippen MR) is 117 cm³/mol. The SMILES string of the molecule is CCc1ccc(-c2cc(-c3cccs3)nc(OC(C(=O)O)c3ccccc3)c2C#N)o1. The normalized spacial score (nSPS) is 11.6. The lowest BCUT2D eigenvalue weighted by atomic mass is 10.1. The van der Waals surface area contributed by atoms with Crippen LogP contribution >= 0.6 is 11.3 Å². The number of aliphatic carboxylic acids is 1. The summed E-state index contributed by atoms with van der Waals surface area (Å²) in [5.41, 5.74) is 1.66. The smallest absolute Gasteiger partial charge is 0.349 e. The van der Waals surface area contributed by atoms with Crippen molar-refractivity contribution in [1.82, 2.24) is 4.98 Å². The second-order valence-corrected chi connectivity index (χ2v) is 7.64. The number of hydrogen-bond acceptors (Lipinski definition) is 6. The average molecular weight is 430 g/mol. The van der Waals surface area contributed by atoms with E-state index < -0.39 is 12.1 Å². The predicted octanol–water partition coefficient (Wildman–Crippen LogP) is 5.71. The molecule has 0 aliphatic carbocycles. The summed E-state index contributed by atoms with van der Waals surface area (Å²) in [6, 6.07) is 19.9. The molecule has 3 aromatic heterocycles. The number of pyridine rings is 1. The maximum Gasteiger partial charge on any atom is 0.349 e. The maximum absolute atomic E-state index is 12.0.